The summed E-state index contributed by atoms with van der Waals surface area (Å²) in [5.41, 5.74) is -0.441. The van der Waals surface area contributed by atoms with Crippen LogP contribution in [0.5, 0.6) is 0 Å². The highest BCUT2D eigenvalue weighted by Gasteiger charge is 2.34. The number of carbonyl (C=O) groups is 1. The van der Waals surface area contributed by atoms with Crippen LogP contribution in [0.3, 0.4) is 0 Å². The van der Waals surface area contributed by atoms with E-state index in [2.05, 4.69) is 5.32 Å². The van der Waals surface area contributed by atoms with Crippen molar-refractivity contribution in [1.29, 1.82) is 0 Å². The van der Waals surface area contributed by atoms with E-state index in [1.54, 1.807) is 37.1 Å². The maximum Gasteiger partial charge on any atom is 0.418 e. The van der Waals surface area contributed by atoms with Gasteiger partial charge in [0.25, 0.3) is 0 Å². The van der Waals surface area contributed by atoms with Gasteiger partial charge in [-0.2, -0.15) is 13.2 Å². The Hall–Kier alpha value is -1.76. The third kappa shape index (κ3) is 4.90. The maximum atomic E-state index is 13.0. The number of likely N-dealkylation sites (N-methyl/N-ethyl adjacent to an activating group) is 1. The molecular weight excluding hydrogens is 388 g/mol. The lowest BCUT2D eigenvalue weighted by atomic mass is 10.1. The van der Waals surface area contributed by atoms with E-state index in [0.717, 1.165) is 11.6 Å². The number of anilines is 1. The molecule has 0 aromatic heterocycles. The lowest BCUT2D eigenvalue weighted by Gasteiger charge is -2.25. The summed E-state index contributed by atoms with van der Waals surface area (Å²) in [4.78, 5) is 14.1. The molecule has 26 heavy (non-hydrogen) atoms. The molecule has 2 aromatic carbocycles. The molecule has 0 radical (unpaired) electrons. The number of halogens is 5. The van der Waals surface area contributed by atoms with E-state index in [0.29, 0.717) is 16.6 Å². The lowest BCUT2D eigenvalue weighted by Crippen LogP contribution is -2.39. The Bertz CT molecular complexity index is 796. The van der Waals surface area contributed by atoms with E-state index < -0.39 is 23.7 Å². The number of nitrogens with zero attached hydrogens (tertiary/aromatic N) is 1. The molecule has 0 saturated heterocycles. The fourth-order valence-electron chi connectivity index (χ4n) is 2.35. The summed E-state index contributed by atoms with van der Waals surface area (Å²) >= 11 is 12.1. The minimum Gasteiger partial charge on any atom is -0.324 e. The second-order valence-electron chi connectivity index (χ2n) is 5.84. The van der Waals surface area contributed by atoms with Crippen LogP contribution < -0.4 is 5.32 Å². The van der Waals surface area contributed by atoms with Crippen LogP contribution in [0.4, 0.5) is 18.9 Å². The van der Waals surface area contributed by atoms with Crippen LogP contribution in [-0.4, -0.2) is 23.9 Å². The van der Waals surface area contributed by atoms with Crippen LogP contribution in [0.15, 0.2) is 42.5 Å². The van der Waals surface area contributed by atoms with Gasteiger partial charge < -0.3 is 5.32 Å². The van der Waals surface area contributed by atoms with Gasteiger partial charge in [-0.25, -0.2) is 0 Å². The molecule has 0 saturated carbocycles. The summed E-state index contributed by atoms with van der Waals surface area (Å²) in [6.45, 7) is 1.92. The van der Waals surface area contributed by atoms with Gasteiger partial charge >= 0.3 is 6.18 Å². The lowest BCUT2D eigenvalue weighted by molar-refractivity contribution is -0.137. The van der Waals surface area contributed by atoms with Gasteiger partial charge in [0.1, 0.15) is 0 Å². The average Bonchev–Trinajstić information content (AvgIpc) is 2.57. The van der Waals surface area contributed by atoms with Gasteiger partial charge in [0.05, 0.1) is 27.3 Å². The molecule has 1 atom stereocenters. The van der Waals surface area contributed by atoms with E-state index in [9.17, 15) is 18.0 Å². The molecule has 2 aromatic rings. The number of nitrogens with one attached hydrogen (secondary N) is 1. The highest BCUT2D eigenvalue weighted by atomic mass is 35.5. The highest BCUT2D eigenvalue weighted by Crippen LogP contribution is 2.34. The molecule has 0 spiro atoms. The van der Waals surface area contributed by atoms with Gasteiger partial charge in [0.15, 0.2) is 0 Å². The molecule has 1 unspecified atom stereocenters. The Kier molecular flexibility index (Phi) is 6.55. The largest absolute Gasteiger partial charge is 0.418 e. The molecule has 1 N–H and O–H groups in total. The molecule has 8 heteroatoms. The quantitative estimate of drug-likeness (QED) is 0.716. The number of benzene rings is 2. The molecule has 0 fully saturated rings. The fourth-order valence-corrected chi connectivity index (χ4v) is 2.73. The van der Waals surface area contributed by atoms with Crippen LogP contribution in [0, 0.1) is 0 Å². The Balaban J connectivity index is 2.11. The number of rotatable bonds is 5. The van der Waals surface area contributed by atoms with E-state index in [1.807, 2.05) is 0 Å². The van der Waals surface area contributed by atoms with E-state index in [4.69, 9.17) is 23.2 Å². The molecule has 0 aliphatic carbocycles. The Morgan fingerprint density at radius 2 is 1.81 bits per heavy atom. The molecule has 0 aliphatic rings. The third-order valence-corrected chi connectivity index (χ3v) is 4.84. The summed E-state index contributed by atoms with van der Waals surface area (Å²) in [5.74, 6) is -0.553. The average molecular weight is 405 g/mol. The summed E-state index contributed by atoms with van der Waals surface area (Å²) in [6.07, 6.45) is -4.55. The zero-order chi connectivity index (χ0) is 19.5. The predicted octanol–water partition coefficient (Wildman–Crippen LogP) is 5.47. The van der Waals surface area contributed by atoms with Crippen LogP contribution in [0.25, 0.3) is 0 Å². The zero-order valence-electron chi connectivity index (χ0n) is 14.1. The van der Waals surface area contributed by atoms with Gasteiger partial charge in [0, 0.05) is 6.54 Å². The van der Waals surface area contributed by atoms with Gasteiger partial charge in [0.2, 0.25) is 5.91 Å². The smallest absolute Gasteiger partial charge is 0.324 e. The number of amides is 1. The Morgan fingerprint density at radius 3 is 2.46 bits per heavy atom. The zero-order valence-corrected chi connectivity index (χ0v) is 15.6. The third-order valence-electron chi connectivity index (χ3n) is 3.98. The SMILES string of the molecule is CC(C(=O)Nc1ccccc1C(F)(F)F)N(C)Cc1cccc(Cl)c1Cl. The Labute approximate surface area is 159 Å². The first-order valence-corrected chi connectivity index (χ1v) is 8.47. The van der Waals surface area contributed by atoms with Crippen molar-refractivity contribution in [3.63, 3.8) is 0 Å². The minimum atomic E-state index is -4.55. The van der Waals surface area contributed by atoms with Crippen molar-refractivity contribution in [1.82, 2.24) is 4.90 Å². The minimum absolute atomic E-state index is 0.272. The first-order valence-electron chi connectivity index (χ1n) is 7.71. The molecule has 3 nitrogen and oxygen atoms in total. The molecule has 140 valence electrons. The van der Waals surface area contributed by atoms with Gasteiger partial charge in [-0.05, 0) is 37.7 Å². The molecule has 0 bridgehead atoms. The Morgan fingerprint density at radius 1 is 1.15 bits per heavy atom. The molecule has 1 amide bonds. The molecule has 0 aliphatic heterocycles. The summed E-state index contributed by atoms with van der Waals surface area (Å²) < 4.78 is 39.1. The molecule has 2 rings (SSSR count). The normalized spacial score (nSPS) is 12.9. The maximum absolute atomic E-state index is 13.0. The topological polar surface area (TPSA) is 32.3 Å². The highest BCUT2D eigenvalue weighted by molar-refractivity contribution is 6.42. The number of para-hydroxylation sites is 1. The second-order valence-corrected chi connectivity index (χ2v) is 6.62. The van der Waals surface area contributed by atoms with Gasteiger partial charge in [-0.3, -0.25) is 9.69 Å². The van der Waals surface area contributed by atoms with Crippen molar-refractivity contribution in [3.05, 3.63) is 63.6 Å². The second kappa shape index (κ2) is 8.29. The number of alkyl halides is 3. The van der Waals surface area contributed by atoms with E-state index in [-0.39, 0.29) is 5.69 Å². The standard InChI is InChI=1S/C18H17Cl2F3N2O/c1-11(25(2)10-12-6-5-8-14(19)16(12)20)17(26)24-15-9-4-3-7-13(15)18(21,22)23/h3-9,11H,10H2,1-2H3,(H,24,26). The number of hydrogen-bond acceptors (Lipinski definition) is 2. The first-order chi connectivity index (χ1) is 12.1. The van der Waals surface area contributed by atoms with Crippen molar-refractivity contribution in [2.45, 2.75) is 25.7 Å². The summed E-state index contributed by atoms with van der Waals surface area (Å²) in [6, 6.07) is 9.33. The predicted molar refractivity (Wildman–Crippen MR) is 97.5 cm³/mol. The van der Waals surface area contributed by atoms with Crippen molar-refractivity contribution < 1.29 is 18.0 Å². The molecular formula is C18H17Cl2F3N2O. The first kappa shape index (κ1) is 20.6. The van der Waals surface area contributed by atoms with Crippen molar-refractivity contribution in [2.24, 2.45) is 0 Å². The van der Waals surface area contributed by atoms with Gasteiger partial charge in [-0.1, -0.05) is 47.5 Å². The summed E-state index contributed by atoms with van der Waals surface area (Å²) in [5, 5.41) is 3.13. The van der Waals surface area contributed by atoms with Crippen LogP contribution in [0.2, 0.25) is 10.0 Å². The van der Waals surface area contributed by atoms with Crippen molar-refractivity contribution in [3.8, 4) is 0 Å². The van der Waals surface area contributed by atoms with Crippen molar-refractivity contribution in [2.75, 3.05) is 12.4 Å². The molecule has 0 heterocycles. The number of carbonyl (C=O) groups excluding carboxylic acids is 1. The monoisotopic (exact) mass is 404 g/mol. The van der Waals surface area contributed by atoms with Crippen molar-refractivity contribution >= 4 is 34.8 Å². The van der Waals surface area contributed by atoms with Crippen LogP contribution >= 0.6 is 23.2 Å². The van der Waals surface area contributed by atoms with E-state index in [1.165, 1.54) is 18.2 Å². The van der Waals surface area contributed by atoms with Crippen LogP contribution in [0.1, 0.15) is 18.1 Å². The van der Waals surface area contributed by atoms with Gasteiger partial charge in [-0.15, -0.1) is 0 Å². The summed E-state index contributed by atoms with van der Waals surface area (Å²) in [7, 11) is 1.68. The van der Waals surface area contributed by atoms with E-state index >= 15 is 0 Å². The van der Waals surface area contributed by atoms with Crippen LogP contribution in [-0.2, 0) is 17.5 Å². The fraction of sp³-hybridized carbons (Fsp3) is 0.278. The number of hydrogen-bond donors (Lipinski definition) is 1.